The largest absolute Gasteiger partial charge is 0.497 e. The first-order chi connectivity index (χ1) is 29.9. The zero-order chi connectivity index (χ0) is 43.3. The van der Waals surface area contributed by atoms with Crippen LogP contribution in [0.25, 0.3) is 0 Å². The van der Waals surface area contributed by atoms with Crippen molar-refractivity contribution < 1.29 is 29.0 Å². The van der Waals surface area contributed by atoms with Gasteiger partial charge in [0.05, 0.1) is 64.0 Å². The zero-order valence-corrected chi connectivity index (χ0v) is 38.0. The van der Waals surface area contributed by atoms with Crippen molar-refractivity contribution in [3.8, 4) is 5.75 Å². The lowest BCUT2D eigenvalue weighted by Crippen LogP contribution is -2.52. The Balaban J connectivity index is 1.05. The predicted molar refractivity (Wildman–Crippen MR) is 247 cm³/mol. The first kappa shape index (κ1) is 41.9. The molecule has 0 bridgehead atoms. The second kappa shape index (κ2) is 16.7. The van der Waals surface area contributed by atoms with E-state index in [2.05, 4.69) is 54.1 Å². The lowest BCUT2D eigenvalue weighted by atomic mass is 9.82. The lowest BCUT2D eigenvalue weighted by molar-refractivity contribution is -0.151. The van der Waals surface area contributed by atoms with Gasteiger partial charge in [-0.3, -0.25) is 14.4 Å². The van der Waals surface area contributed by atoms with Crippen LogP contribution >= 0.6 is 15.9 Å². The Hall–Kier alpha value is -5.40. The molecule has 1 fully saturated rings. The minimum Gasteiger partial charge on any atom is -0.497 e. The molecule has 4 heterocycles. The van der Waals surface area contributed by atoms with E-state index < -0.39 is 19.8 Å². The minimum absolute atomic E-state index is 0.0679. The Labute approximate surface area is 372 Å². The molecule has 0 radical (unpaired) electrons. The van der Waals surface area contributed by atoms with E-state index in [-0.39, 0.29) is 54.8 Å². The molecule has 1 saturated heterocycles. The molecular formula is C50H51BrN4O6Si. The smallest absolute Gasteiger partial charge is 0.264 e. The molecule has 4 aliphatic heterocycles. The van der Waals surface area contributed by atoms with Crippen LogP contribution in [0, 0.1) is 5.92 Å². The number of hydrogen-bond acceptors (Lipinski definition) is 7. The summed E-state index contributed by atoms with van der Waals surface area (Å²) >= 11 is 3.72. The van der Waals surface area contributed by atoms with Crippen LogP contribution in [0.4, 0.5) is 11.4 Å². The normalized spacial score (nSPS) is 23.4. The summed E-state index contributed by atoms with van der Waals surface area (Å²) in [6.07, 6.45) is 1.01. The molecule has 12 heteroatoms. The number of rotatable bonds is 10. The number of carbonyl (C=O) groups excluding carboxylic acids is 3. The highest BCUT2D eigenvalue weighted by Gasteiger charge is 2.66. The van der Waals surface area contributed by atoms with Gasteiger partial charge in [0.25, 0.3) is 5.91 Å². The molecule has 1 N–H and O–H groups in total. The maximum atomic E-state index is 15.5. The topological polar surface area (TPSA) is 112 Å². The van der Waals surface area contributed by atoms with Crippen molar-refractivity contribution >= 4 is 64.0 Å². The monoisotopic (exact) mass is 910 g/mol. The molecule has 5 atom stereocenters. The second-order valence-corrected chi connectivity index (χ2v) is 23.1. The van der Waals surface area contributed by atoms with Gasteiger partial charge in [0.15, 0.2) is 5.60 Å². The molecule has 318 valence electrons. The maximum absolute atomic E-state index is 15.5. The van der Waals surface area contributed by atoms with E-state index in [1.165, 1.54) is 10.2 Å². The number of aliphatic hydroxyl groups excluding tert-OH is 1. The van der Waals surface area contributed by atoms with Gasteiger partial charge >= 0.3 is 0 Å². The van der Waals surface area contributed by atoms with E-state index in [4.69, 9.17) is 14.6 Å². The number of amides is 3. The number of aliphatic hydroxyl groups is 1. The van der Waals surface area contributed by atoms with Crippen LogP contribution in [0.1, 0.15) is 54.0 Å². The number of nitrogens with zero attached hydrogens (tertiary/aromatic N) is 4. The molecule has 0 aliphatic carbocycles. The van der Waals surface area contributed by atoms with Gasteiger partial charge in [-0.15, -0.1) is 0 Å². The summed E-state index contributed by atoms with van der Waals surface area (Å²) in [5.74, 6) is 0.126. The molecule has 3 amide bonds. The minimum atomic E-state index is -2.54. The average molecular weight is 912 g/mol. The number of hydrazone groups is 1. The van der Waals surface area contributed by atoms with Crippen LogP contribution in [0.2, 0.25) is 18.6 Å². The Morgan fingerprint density at radius 2 is 1.63 bits per heavy atom. The summed E-state index contributed by atoms with van der Waals surface area (Å²) in [4.78, 5) is 46.9. The number of benzene rings is 5. The Kier molecular flexibility index (Phi) is 11.3. The first-order valence-electron chi connectivity index (χ1n) is 21.4. The Bertz CT molecular complexity index is 2550. The van der Waals surface area contributed by atoms with Gasteiger partial charge in [-0.05, 0) is 76.7 Å². The summed E-state index contributed by atoms with van der Waals surface area (Å²) in [6.45, 7) is 7.28. The van der Waals surface area contributed by atoms with Gasteiger partial charge in [0.1, 0.15) is 5.75 Å². The van der Waals surface area contributed by atoms with E-state index in [9.17, 15) is 14.7 Å². The fraction of sp³-hybridized carbons (Fsp3) is 0.320. The second-order valence-electron chi connectivity index (χ2n) is 17.5. The van der Waals surface area contributed by atoms with Gasteiger partial charge in [0.2, 0.25) is 11.8 Å². The molecule has 0 saturated carbocycles. The van der Waals surface area contributed by atoms with E-state index in [1.54, 1.807) is 7.11 Å². The zero-order valence-electron chi connectivity index (χ0n) is 35.5. The molecule has 5 aromatic rings. The fourth-order valence-corrected chi connectivity index (χ4v) is 14.9. The average Bonchev–Trinajstić information content (AvgIpc) is 3.71. The van der Waals surface area contributed by atoms with Gasteiger partial charge in [-0.25, -0.2) is 5.01 Å². The standard InChI is InChI=1S/C50H51BrN4O6Si/c1-32-48(62(3,4)41-21-19-40(60-2)20-22-41)45(28-47(58)53-30-36-13-9-8-12-35(36)26-39(53)31-56)61-50(32)42-27-37(51)16-24-44(42)54(49(50)59)29-33-14-17-38(18-15-33)55-46(57)25-23-43(52-55)34-10-6-5-7-11-34/h5-22,24,27,32,39,45,48,56H,23,25-26,28-31H2,1-4H3/t32-,39+,45+,48-,50+/m1/s1. The molecule has 5 aromatic carbocycles. The third-order valence-electron chi connectivity index (χ3n) is 13.7. The van der Waals surface area contributed by atoms with E-state index in [1.807, 2.05) is 113 Å². The highest BCUT2D eigenvalue weighted by molar-refractivity contribution is 9.10. The van der Waals surface area contributed by atoms with Gasteiger partial charge in [-0.2, -0.15) is 5.10 Å². The SMILES string of the molecule is COc1ccc([Si](C)(C)[C@H]2[C@H](CC(=O)N3Cc4ccccc4C[C@H]3CO)O[C@@]3(C(=O)N(Cc4ccc(N5N=C(c6ccccc6)CCC5=O)cc4)c4ccc(Br)cc43)[C@@H]2C)cc1. The molecule has 0 aromatic heterocycles. The predicted octanol–water partition coefficient (Wildman–Crippen LogP) is 8.09. The van der Waals surface area contributed by atoms with Gasteiger partial charge < -0.3 is 24.4 Å². The Morgan fingerprint density at radius 3 is 2.34 bits per heavy atom. The maximum Gasteiger partial charge on any atom is 0.264 e. The molecule has 0 unspecified atom stereocenters. The summed E-state index contributed by atoms with van der Waals surface area (Å²) in [6, 6.07) is 39.4. The number of ether oxygens (including phenoxy) is 2. The molecule has 62 heavy (non-hydrogen) atoms. The van der Waals surface area contributed by atoms with Crippen molar-refractivity contribution in [3.05, 3.63) is 154 Å². The number of anilines is 2. The summed E-state index contributed by atoms with van der Waals surface area (Å²) in [5, 5.41) is 17.9. The molecule has 9 rings (SSSR count). The van der Waals surface area contributed by atoms with Gasteiger partial charge in [0, 0.05) is 35.3 Å². The van der Waals surface area contributed by atoms with Gasteiger partial charge in [-0.1, -0.05) is 120 Å². The molecule has 1 spiro atoms. The third-order valence-corrected chi connectivity index (χ3v) is 18.6. The van der Waals surface area contributed by atoms with Crippen molar-refractivity contribution in [2.24, 2.45) is 11.0 Å². The summed E-state index contributed by atoms with van der Waals surface area (Å²) in [7, 11) is -0.888. The van der Waals surface area contributed by atoms with Crippen molar-refractivity contribution in [2.75, 3.05) is 23.6 Å². The summed E-state index contributed by atoms with van der Waals surface area (Å²) in [5.41, 5.74) is 5.65. The van der Waals surface area contributed by atoms with E-state index >= 15 is 4.79 Å². The quantitative estimate of drug-likeness (QED) is 0.142. The molecule has 4 aliphatic rings. The van der Waals surface area contributed by atoms with Crippen LogP contribution in [0.3, 0.4) is 0 Å². The van der Waals surface area contributed by atoms with E-state index in [0.717, 1.165) is 49.4 Å². The van der Waals surface area contributed by atoms with Crippen LogP contribution in [-0.2, 0) is 44.2 Å². The highest BCUT2D eigenvalue weighted by Crippen LogP contribution is 2.60. The van der Waals surface area contributed by atoms with E-state index in [0.29, 0.717) is 31.5 Å². The van der Waals surface area contributed by atoms with Crippen molar-refractivity contribution in [2.45, 2.75) is 82.1 Å². The van der Waals surface area contributed by atoms with Crippen LogP contribution in [0.15, 0.2) is 131 Å². The van der Waals surface area contributed by atoms with Crippen molar-refractivity contribution in [1.29, 1.82) is 0 Å². The number of fused-ring (bicyclic) bond motifs is 3. The van der Waals surface area contributed by atoms with Crippen LogP contribution in [-0.4, -0.2) is 67.4 Å². The van der Waals surface area contributed by atoms with Crippen LogP contribution in [0.5, 0.6) is 5.75 Å². The fourth-order valence-electron chi connectivity index (χ4n) is 10.5. The Morgan fingerprint density at radius 1 is 0.919 bits per heavy atom. The molecule has 10 nitrogen and oxygen atoms in total. The number of hydrogen-bond donors (Lipinski definition) is 1. The first-order valence-corrected chi connectivity index (χ1v) is 25.3. The van der Waals surface area contributed by atoms with Crippen LogP contribution < -0.4 is 19.8 Å². The lowest BCUT2D eigenvalue weighted by Gasteiger charge is -2.39. The van der Waals surface area contributed by atoms with Crippen molar-refractivity contribution in [3.63, 3.8) is 0 Å². The summed E-state index contributed by atoms with van der Waals surface area (Å²) < 4.78 is 13.7. The number of methoxy groups -OCH3 is 1. The number of carbonyl (C=O) groups is 3. The molecular weight excluding hydrogens is 861 g/mol. The highest BCUT2D eigenvalue weighted by atomic mass is 79.9. The third kappa shape index (κ3) is 7.30. The van der Waals surface area contributed by atoms with Crippen molar-refractivity contribution in [1.82, 2.24) is 4.90 Å². The number of halogens is 1.